The van der Waals surface area contributed by atoms with E-state index in [0.29, 0.717) is 0 Å². The SMILES string of the molecule is C[C@@H]1N[C@H]1Cc1ccccc1. The van der Waals surface area contributed by atoms with Crippen molar-refractivity contribution in [2.75, 3.05) is 0 Å². The van der Waals surface area contributed by atoms with Gasteiger partial charge in [0.1, 0.15) is 0 Å². The Kier molecular flexibility index (Phi) is 1.66. The van der Waals surface area contributed by atoms with E-state index in [1.807, 2.05) is 0 Å². The predicted octanol–water partition coefficient (Wildman–Crippen LogP) is 1.59. The molecule has 1 heterocycles. The Balaban J connectivity index is 1.97. The monoisotopic (exact) mass is 147 g/mol. The molecule has 0 saturated carbocycles. The van der Waals surface area contributed by atoms with Gasteiger partial charge in [-0.1, -0.05) is 30.3 Å². The molecule has 1 nitrogen and oxygen atoms in total. The number of benzene rings is 1. The molecule has 2 atom stereocenters. The first-order valence-electron chi connectivity index (χ1n) is 4.16. The van der Waals surface area contributed by atoms with Gasteiger partial charge in [0, 0.05) is 12.1 Å². The normalized spacial score (nSPS) is 28.5. The lowest BCUT2D eigenvalue weighted by Gasteiger charge is -1.95. The first-order valence-corrected chi connectivity index (χ1v) is 4.16. The molecular formula is C10H13N. The van der Waals surface area contributed by atoms with E-state index in [1.54, 1.807) is 0 Å². The molecule has 1 fully saturated rings. The van der Waals surface area contributed by atoms with E-state index in [4.69, 9.17) is 0 Å². The smallest absolute Gasteiger partial charge is 0.0262 e. The molecule has 0 aromatic heterocycles. The minimum Gasteiger partial charge on any atom is -0.308 e. The molecule has 0 radical (unpaired) electrons. The van der Waals surface area contributed by atoms with Crippen molar-refractivity contribution in [3.05, 3.63) is 35.9 Å². The van der Waals surface area contributed by atoms with Gasteiger partial charge in [0.15, 0.2) is 0 Å². The molecular weight excluding hydrogens is 134 g/mol. The molecule has 0 aliphatic carbocycles. The van der Waals surface area contributed by atoms with Gasteiger partial charge in [0.05, 0.1) is 0 Å². The molecule has 1 aromatic rings. The van der Waals surface area contributed by atoms with Crippen LogP contribution in [-0.2, 0) is 6.42 Å². The third-order valence-electron chi connectivity index (χ3n) is 2.27. The van der Waals surface area contributed by atoms with Crippen LogP contribution in [0.3, 0.4) is 0 Å². The van der Waals surface area contributed by atoms with Gasteiger partial charge in [-0.25, -0.2) is 0 Å². The zero-order chi connectivity index (χ0) is 7.68. The molecule has 2 rings (SSSR count). The first-order chi connectivity index (χ1) is 5.36. The minimum absolute atomic E-state index is 0.732. The Hall–Kier alpha value is -0.820. The Morgan fingerprint density at radius 3 is 2.45 bits per heavy atom. The molecule has 1 aromatic carbocycles. The zero-order valence-corrected chi connectivity index (χ0v) is 6.75. The largest absolute Gasteiger partial charge is 0.308 e. The summed E-state index contributed by atoms with van der Waals surface area (Å²) < 4.78 is 0. The van der Waals surface area contributed by atoms with E-state index >= 15 is 0 Å². The molecule has 1 aliphatic rings. The fraction of sp³-hybridized carbons (Fsp3) is 0.400. The van der Waals surface area contributed by atoms with Crippen molar-refractivity contribution < 1.29 is 0 Å². The van der Waals surface area contributed by atoms with Crippen LogP contribution in [0.25, 0.3) is 0 Å². The quantitative estimate of drug-likeness (QED) is 0.630. The van der Waals surface area contributed by atoms with Crippen LogP contribution in [-0.4, -0.2) is 12.1 Å². The van der Waals surface area contributed by atoms with Crippen molar-refractivity contribution in [2.24, 2.45) is 0 Å². The average molecular weight is 147 g/mol. The Morgan fingerprint density at radius 2 is 1.91 bits per heavy atom. The summed E-state index contributed by atoms with van der Waals surface area (Å²) in [4.78, 5) is 0. The van der Waals surface area contributed by atoms with Gasteiger partial charge < -0.3 is 5.32 Å². The van der Waals surface area contributed by atoms with Gasteiger partial charge in [-0.3, -0.25) is 0 Å². The number of nitrogens with one attached hydrogen (secondary N) is 1. The molecule has 0 bridgehead atoms. The summed E-state index contributed by atoms with van der Waals surface area (Å²) in [6, 6.07) is 12.1. The van der Waals surface area contributed by atoms with Crippen molar-refractivity contribution in [2.45, 2.75) is 25.4 Å². The predicted molar refractivity (Wildman–Crippen MR) is 46.5 cm³/mol. The van der Waals surface area contributed by atoms with Crippen LogP contribution >= 0.6 is 0 Å². The highest BCUT2D eigenvalue weighted by Gasteiger charge is 2.30. The molecule has 1 heteroatoms. The van der Waals surface area contributed by atoms with Gasteiger partial charge in [0.2, 0.25) is 0 Å². The highest BCUT2D eigenvalue weighted by Crippen LogP contribution is 2.15. The van der Waals surface area contributed by atoms with Crippen LogP contribution in [0, 0.1) is 0 Å². The molecule has 0 amide bonds. The third kappa shape index (κ3) is 1.60. The highest BCUT2D eigenvalue weighted by molar-refractivity contribution is 5.18. The zero-order valence-electron chi connectivity index (χ0n) is 6.75. The summed E-state index contributed by atoms with van der Waals surface area (Å²) >= 11 is 0. The maximum absolute atomic E-state index is 3.38. The summed E-state index contributed by atoms with van der Waals surface area (Å²) in [5.41, 5.74) is 1.44. The number of rotatable bonds is 2. The molecule has 1 N–H and O–H groups in total. The van der Waals surface area contributed by atoms with Crippen LogP contribution in [0.1, 0.15) is 12.5 Å². The van der Waals surface area contributed by atoms with Crippen LogP contribution in [0.4, 0.5) is 0 Å². The average Bonchev–Trinajstić information content (AvgIpc) is 2.69. The van der Waals surface area contributed by atoms with Gasteiger partial charge in [-0.15, -0.1) is 0 Å². The summed E-state index contributed by atoms with van der Waals surface area (Å²) in [7, 11) is 0. The van der Waals surface area contributed by atoms with E-state index in [2.05, 4.69) is 42.6 Å². The van der Waals surface area contributed by atoms with Crippen LogP contribution in [0.5, 0.6) is 0 Å². The second-order valence-corrected chi connectivity index (χ2v) is 3.25. The fourth-order valence-electron chi connectivity index (χ4n) is 1.39. The standard InChI is InChI=1S/C10H13N/c1-8-10(11-8)7-9-5-3-2-4-6-9/h2-6,8,10-11H,7H2,1H3/t8-,10-/m0/s1. The molecule has 0 unspecified atom stereocenters. The van der Waals surface area contributed by atoms with Gasteiger partial charge >= 0.3 is 0 Å². The summed E-state index contributed by atoms with van der Waals surface area (Å²) in [5.74, 6) is 0. The molecule has 0 spiro atoms. The fourth-order valence-corrected chi connectivity index (χ4v) is 1.39. The van der Waals surface area contributed by atoms with Crippen LogP contribution < -0.4 is 5.32 Å². The minimum atomic E-state index is 0.732. The van der Waals surface area contributed by atoms with E-state index in [1.165, 1.54) is 12.0 Å². The lowest BCUT2D eigenvalue weighted by molar-refractivity contribution is 0.905. The Morgan fingerprint density at radius 1 is 1.27 bits per heavy atom. The van der Waals surface area contributed by atoms with E-state index < -0.39 is 0 Å². The third-order valence-corrected chi connectivity index (χ3v) is 2.27. The topological polar surface area (TPSA) is 21.9 Å². The van der Waals surface area contributed by atoms with Crippen molar-refractivity contribution in [1.82, 2.24) is 5.32 Å². The van der Waals surface area contributed by atoms with Gasteiger partial charge in [-0.05, 0) is 18.9 Å². The summed E-state index contributed by atoms with van der Waals surface area (Å²) in [5, 5.41) is 3.38. The van der Waals surface area contributed by atoms with Crippen LogP contribution in [0.15, 0.2) is 30.3 Å². The second kappa shape index (κ2) is 2.67. The highest BCUT2D eigenvalue weighted by atomic mass is 15.1. The maximum Gasteiger partial charge on any atom is 0.0262 e. The number of hydrogen-bond donors (Lipinski definition) is 1. The lowest BCUT2D eigenvalue weighted by atomic mass is 10.1. The Bertz CT molecular complexity index is 230. The van der Waals surface area contributed by atoms with Crippen molar-refractivity contribution >= 4 is 0 Å². The molecule has 1 aliphatic heterocycles. The first kappa shape index (κ1) is 6.86. The van der Waals surface area contributed by atoms with Gasteiger partial charge in [0.25, 0.3) is 0 Å². The second-order valence-electron chi connectivity index (χ2n) is 3.25. The van der Waals surface area contributed by atoms with E-state index in [0.717, 1.165) is 12.1 Å². The summed E-state index contributed by atoms with van der Waals surface area (Å²) in [6.45, 7) is 2.23. The number of hydrogen-bond acceptors (Lipinski definition) is 1. The van der Waals surface area contributed by atoms with Crippen molar-refractivity contribution in [3.8, 4) is 0 Å². The van der Waals surface area contributed by atoms with Crippen molar-refractivity contribution in [1.29, 1.82) is 0 Å². The molecule has 11 heavy (non-hydrogen) atoms. The van der Waals surface area contributed by atoms with E-state index in [9.17, 15) is 0 Å². The molecule has 1 saturated heterocycles. The van der Waals surface area contributed by atoms with E-state index in [-0.39, 0.29) is 0 Å². The van der Waals surface area contributed by atoms with Crippen LogP contribution in [0.2, 0.25) is 0 Å². The lowest BCUT2D eigenvalue weighted by Crippen LogP contribution is -1.96. The van der Waals surface area contributed by atoms with Crippen molar-refractivity contribution in [3.63, 3.8) is 0 Å². The molecule has 58 valence electrons. The summed E-state index contributed by atoms with van der Waals surface area (Å²) in [6.07, 6.45) is 1.18. The Labute approximate surface area is 67.4 Å². The maximum atomic E-state index is 3.38. The van der Waals surface area contributed by atoms with Gasteiger partial charge in [-0.2, -0.15) is 0 Å².